The van der Waals surface area contributed by atoms with Crippen LogP contribution < -0.4 is 10.4 Å². The maximum absolute atomic E-state index is 8.67. The molecule has 2 saturated heterocycles. The maximum atomic E-state index is 8.67. The molecule has 1 atom stereocenters. The number of hydrogen-bond acceptors (Lipinski definition) is 3. The summed E-state index contributed by atoms with van der Waals surface area (Å²) in [5.41, 5.74) is -1.10. The van der Waals surface area contributed by atoms with Gasteiger partial charge in [-0.2, -0.15) is 0 Å². The van der Waals surface area contributed by atoms with E-state index in [1.165, 1.54) is 24.3 Å². The van der Waals surface area contributed by atoms with Gasteiger partial charge in [0.15, 0.2) is 0 Å². The number of benzene rings is 1. The third-order valence-electron chi connectivity index (χ3n) is 4.31. The van der Waals surface area contributed by atoms with E-state index in [4.69, 9.17) is 25.8 Å². The first-order chi connectivity index (χ1) is 14.9. The van der Waals surface area contributed by atoms with Crippen LogP contribution in [0.1, 0.15) is 70.1 Å². The fourth-order valence-electron chi connectivity index (χ4n) is 2.24. The second-order valence-corrected chi connectivity index (χ2v) is 6.35. The first kappa shape index (κ1) is 6.86. The van der Waals surface area contributed by atoms with Gasteiger partial charge in [0.1, 0.15) is 0 Å². The Balaban J connectivity index is 2.17. The molecule has 120 valence electrons. The minimum absolute atomic E-state index is 0.197. The van der Waals surface area contributed by atoms with Crippen molar-refractivity contribution in [2.24, 2.45) is 0 Å². The van der Waals surface area contributed by atoms with Gasteiger partial charge in [-0.25, -0.2) is 0 Å². The summed E-state index contributed by atoms with van der Waals surface area (Å²) in [5, 5.41) is 0. The van der Waals surface area contributed by atoms with Gasteiger partial charge in [0.05, 0.1) is 12.6 Å². The zero-order valence-electron chi connectivity index (χ0n) is 25.2. The van der Waals surface area contributed by atoms with E-state index >= 15 is 0 Å². The van der Waals surface area contributed by atoms with E-state index < -0.39 is 56.8 Å². The summed E-state index contributed by atoms with van der Waals surface area (Å²) in [6.07, 6.45) is -10.8. The fraction of sp³-hybridized carbons (Fsp3) is 0.667. The molecule has 0 N–H and O–H groups in total. The highest BCUT2D eigenvalue weighted by Gasteiger charge is 2.51. The molecule has 0 amide bonds. The van der Waals surface area contributed by atoms with Crippen LogP contribution >= 0.6 is 0 Å². The van der Waals surface area contributed by atoms with Crippen LogP contribution in [0.25, 0.3) is 0 Å². The highest BCUT2D eigenvalue weighted by molar-refractivity contribution is 6.62. The summed E-state index contributed by atoms with van der Waals surface area (Å²) in [5.74, 6) is 0. The van der Waals surface area contributed by atoms with Crippen LogP contribution in [-0.2, 0) is 9.31 Å². The molecule has 0 saturated carbocycles. The van der Waals surface area contributed by atoms with Crippen LogP contribution in [0.2, 0.25) is 0 Å². The third kappa shape index (κ3) is 2.79. The quantitative estimate of drug-likeness (QED) is 0.782. The lowest BCUT2D eigenvalue weighted by Gasteiger charge is -2.35. The van der Waals surface area contributed by atoms with E-state index in [0.29, 0.717) is 5.46 Å². The Morgan fingerprint density at radius 1 is 1.18 bits per heavy atom. The molecule has 3 nitrogen and oxygen atoms in total. The van der Waals surface area contributed by atoms with Gasteiger partial charge in [0.25, 0.3) is 0 Å². The first-order valence-electron chi connectivity index (χ1n) is 13.2. The van der Waals surface area contributed by atoms with E-state index in [9.17, 15) is 0 Å². The molecule has 2 aliphatic heterocycles. The first-order valence-corrected chi connectivity index (χ1v) is 7.16. The van der Waals surface area contributed by atoms with Crippen molar-refractivity contribution in [2.45, 2.75) is 70.9 Å². The molecule has 1 unspecified atom stereocenters. The molecule has 2 fully saturated rings. The summed E-state index contributed by atoms with van der Waals surface area (Å²) in [7, 11) is -0.799. The van der Waals surface area contributed by atoms with Gasteiger partial charge < -0.3 is 14.2 Å². The Bertz CT molecular complexity index is 947. The number of piperidine rings is 1. The lowest BCUT2D eigenvalue weighted by Crippen LogP contribution is -2.41. The number of hydrogen-bond donors (Lipinski definition) is 0. The molecule has 0 radical (unpaired) electrons. The molecule has 22 heavy (non-hydrogen) atoms. The van der Waals surface area contributed by atoms with Crippen molar-refractivity contribution >= 4 is 18.3 Å². The van der Waals surface area contributed by atoms with E-state index in [1.807, 2.05) is 27.7 Å². The molecule has 1 aromatic rings. The summed E-state index contributed by atoms with van der Waals surface area (Å²) in [6.45, 7) is 0.445. The third-order valence-corrected chi connectivity index (χ3v) is 4.31. The van der Waals surface area contributed by atoms with Crippen LogP contribution in [0.15, 0.2) is 24.3 Å². The standard InChI is InChI=1S/C18H28BNO2/c1-14-8-6-7-13-20(14)16-11-9-15(10-12-16)19-21-17(2,3)18(4,5)22-19/h9-12,14H,6-8,13H2,1-5H3/i1D3,6D2,7D2,8D2,13D2,14D. The Morgan fingerprint density at radius 2 is 1.82 bits per heavy atom. The van der Waals surface area contributed by atoms with E-state index in [1.54, 1.807) is 0 Å². The Morgan fingerprint density at radius 3 is 2.41 bits per heavy atom. The van der Waals surface area contributed by atoms with Crippen molar-refractivity contribution in [3.8, 4) is 0 Å². The molecule has 0 aromatic heterocycles. The highest BCUT2D eigenvalue weighted by Crippen LogP contribution is 2.36. The fourth-order valence-corrected chi connectivity index (χ4v) is 2.24. The van der Waals surface area contributed by atoms with Crippen molar-refractivity contribution in [2.75, 3.05) is 11.4 Å². The molecule has 2 heterocycles. The van der Waals surface area contributed by atoms with Crippen molar-refractivity contribution in [3.63, 3.8) is 0 Å². The average molecular weight is 313 g/mol. The molecule has 0 spiro atoms. The lowest BCUT2D eigenvalue weighted by molar-refractivity contribution is 0.00578. The molecule has 2 aliphatic rings. The summed E-state index contributed by atoms with van der Waals surface area (Å²) < 4.78 is 110. The summed E-state index contributed by atoms with van der Waals surface area (Å²) >= 11 is 0. The monoisotopic (exact) mass is 313 g/mol. The smallest absolute Gasteiger partial charge is 0.399 e. The van der Waals surface area contributed by atoms with Gasteiger partial charge in [0, 0.05) is 33.3 Å². The van der Waals surface area contributed by atoms with Gasteiger partial charge in [-0.05, 0) is 71.3 Å². The van der Waals surface area contributed by atoms with Crippen molar-refractivity contribution in [1.29, 1.82) is 0 Å². The van der Waals surface area contributed by atoms with Gasteiger partial charge in [-0.3, -0.25) is 0 Å². The average Bonchev–Trinajstić information content (AvgIpc) is 2.87. The SMILES string of the molecule is [2H]C([2H])([2H])C1([2H])N(c2ccc(B3OC(C)(C)C(C)(C)O3)cc2)C([2H])([2H])C([2H])([2H])C([2H])([2H])C1([2H])[2H]. The maximum Gasteiger partial charge on any atom is 0.494 e. The Hall–Kier alpha value is -0.995. The largest absolute Gasteiger partial charge is 0.494 e. The van der Waals surface area contributed by atoms with E-state index in [-0.39, 0.29) is 10.6 Å². The molecule has 1 aromatic carbocycles. The summed E-state index contributed by atoms with van der Waals surface area (Å²) in [6, 6.07) is 1.80. The lowest BCUT2D eigenvalue weighted by atomic mass is 9.79. The van der Waals surface area contributed by atoms with Crippen LogP contribution in [0.4, 0.5) is 5.69 Å². The van der Waals surface area contributed by atoms with Gasteiger partial charge in [0.2, 0.25) is 0 Å². The van der Waals surface area contributed by atoms with Crippen molar-refractivity contribution < 1.29 is 25.8 Å². The van der Waals surface area contributed by atoms with Crippen LogP contribution in [0.3, 0.4) is 0 Å². The van der Waals surface area contributed by atoms with Gasteiger partial charge >= 0.3 is 7.12 Å². The van der Waals surface area contributed by atoms with Crippen molar-refractivity contribution in [3.05, 3.63) is 24.3 Å². The van der Waals surface area contributed by atoms with E-state index in [2.05, 4.69) is 0 Å². The second-order valence-electron chi connectivity index (χ2n) is 6.35. The molecule has 4 heteroatoms. The Labute approximate surface area is 152 Å². The zero-order chi connectivity index (χ0) is 26.6. The minimum atomic E-state index is -3.65. The molecule has 3 rings (SSSR count). The highest BCUT2D eigenvalue weighted by atomic mass is 16.7. The van der Waals surface area contributed by atoms with Crippen molar-refractivity contribution in [1.82, 2.24) is 0 Å². The topological polar surface area (TPSA) is 21.7 Å². The number of rotatable bonds is 2. The molecular formula is C18H28BNO2. The zero-order valence-corrected chi connectivity index (χ0v) is 13.2. The normalized spacial score (nSPS) is 48.4. The molecule has 0 aliphatic carbocycles. The minimum Gasteiger partial charge on any atom is -0.399 e. The number of anilines is 1. The van der Waals surface area contributed by atoms with Gasteiger partial charge in [-0.15, -0.1) is 0 Å². The second kappa shape index (κ2) is 5.57. The van der Waals surface area contributed by atoms with Crippen LogP contribution in [-0.4, -0.2) is 30.8 Å². The van der Waals surface area contributed by atoms with E-state index in [0.717, 1.165) is 0 Å². The van der Waals surface area contributed by atoms with Crippen LogP contribution in [0, 0.1) is 0 Å². The molecule has 0 bridgehead atoms. The summed E-state index contributed by atoms with van der Waals surface area (Å²) in [4.78, 5) is 0.197. The van der Waals surface area contributed by atoms with Gasteiger partial charge in [-0.1, -0.05) is 12.1 Å². The predicted octanol–water partition coefficient (Wildman–Crippen LogP) is 3.36. The Kier molecular flexibility index (Phi) is 1.74. The predicted molar refractivity (Wildman–Crippen MR) is 92.8 cm³/mol. The number of nitrogens with zero attached hydrogens (tertiary/aromatic N) is 1. The van der Waals surface area contributed by atoms with Crippen LogP contribution in [0.5, 0.6) is 0 Å². The molecular weight excluding hydrogens is 273 g/mol.